The largest absolute Gasteiger partial charge is 0.491 e. The summed E-state index contributed by atoms with van der Waals surface area (Å²) in [6, 6.07) is 11.7. The summed E-state index contributed by atoms with van der Waals surface area (Å²) in [6.45, 7) is 8.97. The second-order valence-corrected chi connectivity index (χ2v) is 10.1. The van der Waals surface area contributed by atoms with Gasteiger partial charge in [0.1, 0.15) is 24.0 Å². The van der Waals surface area contributed by atoms with Crippen molar-refractivity contribution in [1.29, 1.82) is 0 Å². The molecule has 0 saturated carbocycles. The van der Waals surface area contributed by atoms with Gasteiger partial charge < -0.3 is 19.5 Å². The lowest BCUT2D eigenvalue weighted by Gasteiger charge is -2.27. The second kappa shape index (κ2) is 10.0. The fourth-order valence-electron chi connectivity index (χ4n) is 4.96. The van der Waals surface area contributed by atoms with Gasteiger partial charge in [-0.1, -0.05) is 26.0 Å². The van der Waals surface area contributed by atoms with Crippen LogP contribution in [-0.2, 0) is 13.1 Å². The monoisotopic (exact) mass is 506 g/mol. The number of aromatic nitrogens is 4. The van der Waals surface area contributed by atoms with E-state index in [2.05, 4.69) is 46.6 Å². The van der Waals surface area contributed by atoms with Crippen molar-refractivity contribution in [2.24, 2.45) is 0 Å². The minimum atomic E-state index is -2.63. The Bertz CT molecular complexity index is 1430. The number of ether oxygens (including phenoxy) is 1. The van der Waals surface area contributed by atoms with Crippen molar-refractivity contribution in [3.05, 3.63) is 64.9 Å². The highest BCUT2D eigenvalue weighted by Crippen LogP contribution is 2.35. The van der Waals surface area contributed by atoms with Gasteiger partial charge in [0.15, 0.2) is 5.82 Å². The van der Waals surface area contributed by atoms with Gasteiger partial charge >= 0.3 is 0 Å². The number of nitrogens with zero attached hydrogens (tertiary/aromatic N) is 5. The first kappa shape index (κ1) is 25.1. The van der Waals surface area contributed by atoms with Gasteiger partial charge in [-0.3, -0.25) is 0 Å². The van der Waals surface area contributed by atoms with Crippen molar-refractivity contribution in [2.45, 2.75) is 46.2 Å². The molecule has 0 spiro atoms. The van der Waals surface area contributed by atoms with Crippen LogP contribution in [0.2, 0.25) is 0 Å². The number of benzene rings is 2. The number of rotatable bonds is 6. The number of anilines is 1. The highest BCUT2D eigenvalue weighted by Gasteiger charge is 2.24. The van der Waals surface area contributed by atoms with E-state index in [-0.39, 0.29) is 11.7 Å². The molecule has 194 valence electrons. The highest BCUT2D eigenvalue weighted by atomic mass is 19.3. The molecule has 3 heterocycles. The van der Waals surface area contributed by atoms with E-state index in [0.29, 0.717) is 37.3 Å². The third-order valence-corrected chi connectivity index (χ3v) is 6.58. The molecule has 1 N–H and O–H groups in total. The Balaban J connectivity index is 1.52. The molecule has 9 heteroatoms. The molecule has 0 atom stereocenters. The number of fused-ring (bicyclic) bond motifs is 2. The molecule has 2 aromatic carbocycles. The van der Waals surface area contributed by atoms with E-state index in [1.165, 1.54) is 0 Å². The smallest absolute Gasteiger partial charge is 0.295 e. The molecule has 0 unspecified atom stereocenters. The summed E-state index contributed by atoms with van der Waals surface area (Å²) in [7, 11) is 4.03. The molecule has 4 aromatic rings. The predicted octanol–water partition coefficient (Wildman–Crippen LogP) is 5.85. The van der Waals surface area contributed by atoms with E-state index in [0.717, 1.165) is 45.3 Å². The summed E-state index contributed by atoms with van der Waals surface area (Å²) in [5.74, 6) is 2.57. The van der Waals surface area contributed by atoms with Crippen LogP contribution in [0, 0.1) is 6.92 Å². The lowest BCUT2D eigenvalue weighted by atomic mass is 10.00. The standard InChI is InChI=1S/C28H32F2N6O/c1-16(2)25-17(3)31-24(15-35(4)5)34-28(25)36-10-11-37-23-9-7-18(12-20(23)14-36)19-6-8-21-22(13-19)33-27(32-21)26(29)30/h6-9,12-13,16,26H,10-11,14-15H2,1-5H3,(H,32,33). The molecule has 0 saturated heterocycles. The Kier molecular flexibility index (Phi) is 6.81. The second-order valence-electron chi connectivity index (χ2n) is 10.1. The molecule has 0 aliphatic carbocycles. The van der Waals surface area contributed by atoms with Crippen LogP contribution < -0.4 is 9.64 Å². The van der Waals surface area contributed by atoms with Crippen LogP contribution in [0.5, 0.6) is 5.75 Å². The van der Waals surface area contributed by atoms with Crippen molar-refractivity contribution in [1.82, 2.24) is 24.8 Å². The Morgan fingerprint density at radius 1 is 1.05 bits per heavy atom. The predicted molar refractivity (Wildman–Crippen MR) is 141 cm³/mol. The molecule has 37 heavy (non-hydrogen) atoms. The Hall–Kier alpha value is -3.59. The molecule has 5 rings (SSSR count). The minimum Gasteiger partial charge on any atom is -0.491 e. The van der Waals surface area contributed by atoms with Crippen LogP contribution in [0.4, 0.5) is 14.6 Å². The molecule has 7 nitrogen and oxygen atoms in total. The van der Waals surface area contributed by atoms with Crippen LogP contribution in [0.3, 0.4) is 0 Å². The number of H-pyrrole nitrogens is 1. The van der Waals surface area contributed by atoms with Crippen LogP contribution in [0.25, 0.3) is 22.2 Å². The molecule has 0 fully saturated rings. The molecule has 0 bridgehead atoms. The first-order chi connectivity index (χ1) is 17.7. The summed E-state index contributed by atoms with van der Waals surface area (Å²) >= 11 is 0. The zero-order valence-corrected chi connectivity index (χ0v) is 21.8. The number of aryl methyl sites for hydroxylation is 1. The minimum absolute atomic E-state index is 0.276. The Labute approximate surface area is 215 Å². The van der Waals surface area contributed by atoms with Crippen molar-refractivity contribution < 1.29 is 13.5 Å². The molecule has 1 aliphatic rings. The van der Waals surface area contributed by atoms with Crippen LogP contribution in [-0.4, -0.2) is 52.1 Å². The zero-order valence-electron chi connectivity index (χ0n) is 21.8. The number of nitrogens with one attached hydrogen (secondary N) is 1. The first-order valence-electron chi connectivity index (χ1n) is 12.5. The average Bonchev–Trinajstić information content (AvgIpc) is 3.15. The average molecular weight is 507 g/mol. The third kappa shape index (κ3) is 5.13. The first-order valence-corrected chi connectivity index (χ1v) is 12.5. The van der Waals surface area contributed by atoms with E-state index >= 15 is 0 Å². The lowest BCUT2D eigenvalue weighted by molar-refractivity contribution is 0.142. The maximum Gasteiger partial charge on any atom is 0.295 e. The Morgan fingerprint density at radius 3 is 2.54 bits per heavy atom. The Morgan fingerprint density at radius 2 is 1.81 bits per heavy atom. The third-order valence-electron chi connectivity index (χ3n) is 6.58. The van der Waals surface area contributed by atoms with Crippen LogP contribution >= 0.6 is 0 Å². The highest BCUT2D eigenvalue weighted by molar-refractivity contribution is 5.82. The van der Waals surface area contributed by atoms with Crippen molar-refractivity contribution in [3.8, 4) is 16.9 Å². The van der Waals surface area contributed by atoms with Crippen molar-refractivity contribution in [3.63, 3.8) is 0 Å². The normalized spacial score (nSPS) is 13.9. The van der Waals surface area contributed by atoms with E-state index < -0.39 is 6.43 Å². The molecule has 2 aromatic heterocycles. The van der Waals surface area contributed by atoms with E-state index in [1.807, 2.05) is 38.4 Å². The van der Waals surface area contributed by atoms with Crippen molar-refractivity contribution in [2.75, 3.05) is 32.1 Å². The number of aromatic amines is 1. The number of imidazole rings is 1. The van der Waals surface area contributed by atoms with Gasteiger partial charge in [-0.05, 0) is 62.3 Å². The molecule has 1 aliphatic heterocycles. The fourth-order valence-corrected chi connectivity index (χ4v) is 4.96. The van der Waals surface area contributed by atoms with Gasteiger partial charge in [0.25, 0.3) is 6.43 Å². The summed E-state index contributed by atoms with van der Waals surface area (Å²) in [5, 5.41) is 0. The maximum absolute atomic E-state index is 13.1. The topological polar surface area (TPSA) is 70.2 Å². The number of hydrogen-bond donors (Lipinski definition) is 1. The van der Waals surface area contributed by atoms with E-state index in [9.17, 15) is 8.78 Å². The van der Waals surface area contributed by atoms with E-state index in [1.54, 1.807) is 6.07 Å². The van der Waals surface area contributed by atoms with Crippen LogP contribution in [0.1, 0.15) is 54.7 Å². The van der Waals surface area contributed by atoms with Gasteiger partial charge in [-0.25, -0.2) is 23.7 Å². The molecule has 0 amide bonds. The molecular weight excluding hydrogens is 474 g/mol. The number of hydrogen-bond acceptors (Lipinski definition) is 6. The van der Waals surface area contributed by atoms with Gasteiger partial charge in [-0.2, -0.15) is 0 Å². The summed E-state index contributed by atoms with van der Waals surface area (Å²) in [4.78, 5) is 20.9. The zero-order chi connectivity index (χ0) is 26.3. The molecular formula is C28H32F2N6O. The maximum atomic E-state index is 13.1. The fraction of sp³-hybridized carbons (Fsp3) is 0.393. The summed E-state index contributed by atoms with van der Waals surface area (Å²) < 4.78 is 32.3. The lowest BCUT2D eigenvalue weighted by Crippen LogP contribution is -2.29. The number of halogens is 2. The van der Waals surface area contributed by atoms with Gasteiger partial charge in [0.2, 0.25) is 0 Å². The van der Waals surface area contributed by atoms with Gasteiger partial charge in [-0.15, -0.1) is 0 Å². The van der Waals surface area contributed by atoms with Crippen LogP contribution in [0.15, 0.2) is 36.4 Å². The quantitative estimate of drug-likeness (QED) is 0.354. The summed E-state index contributed by atoms with van der Waals surface area (Å²) in [6.07, 6.45) is -2.63. The molecule has 0 radical (unpaired) electrons. The van der Waals surface area contributed by atoms with Gasteiger partial charge in [0.05, 0.1) is 24.1 Å². The SMILES string of the molecule is Cc1nc(CN(C)C)nc(N2CCOc3ccc(-c4ccc5nc(C(F)F)[nH]c5c4)cc3C2)c1C(C)C. The van der Waals surface area contributed by atoms with E-state index in [4.69, 9.17) is 14.7 Å². The number of alkyl halides is 2. The van der Waals surface area contributed by atoms with Crippen molar-refractivity contribution >= 4 is 16.9 Å². The van der Waals surface area contributed by atoms with Gasteiger partial charge in [0, 0.05) is 23.4 Å². The summed E-state index contributed by atoms with van der Waals surface area (Å²) in [5.41, 5.74) is 6.23.